The van der Waals surface area contributed by atoms with Crippen LogP contribution in [-0.2, 0) is 4.79 Å². The maximum Gasteiger partial charge on any atom is 0.275 e. The number of carbonyl (C=O) groups is 1. The Bertz CT molecular complexity index is 840. The number of nitrogens with zero attached hydrogens (tertiary/aromatic N) is 2. The van der Waals surface area contributed by atoms with E-state index in [1.165, 1.54) is 54.6 Å². The molecule has 1 aliphatic heterocycles. The fraction of sp³-hybridized carbons (Fsp3) is 0. The van der Waals surface area contributed by atoms with Crippen LogP contribution in [0.5, 0.6) is 0 Å². The van der Waals surface area contributed by atoms with Crippen LogP contribution in [0.15, 0.2) is 59.2 Å². The van der Waals surface area contributed by atoms with E-state index in [1.807, 2.05) is 0 Å². The Morgan fingerprint density at radius 1 is 1.09 bits per heavy atom. The highest BCUT2D eigenvalue weighted by atomic mass is 19.1. The first-order valence-corrected chi connectivity index (χ1v) is 6.65. The maximum atomic E-state index is 12.9. The van der Waals surface area contributed by atoms with Gasteiger partial charge in [-0.25, -0.2) is 9.38 Å². The van der Waals surface area contributed by atoms with Crippen molar-refractivity contribution < 1.29 is 14.1 Å². The van der Waals surface area contributed by atoms with Crippen LogP contribution < -0.4 is 5.32 Å². The van der Waals surface area contributed by atoms with Crippen LogP contribution in [0.1, 0.15) is 11.1 Å². The van der Waals surface area contributed by atoms with E-state index >= 15 is 0 Å². The number of amidine groups is 1. The van der Waals surface area contributed by atoms with Crippen molar-refractivity contribution in [2.75, 3.05) is 0 Å². The van der Waals surface area contributed by atoms with Gasteiger partial charge < -0.3 is 5.32 Å². The van der Waals surface area contributed by atoms with Gasteiger partial charge in [0.1, 0.15) is 17.3 Å². The van der Waals surface area contributed by atoms with Gasteiger partial charge in [-0.05, 0) is 35.9 Å². The summed E-state index contributed by atoms with van der Waals surface area (Å²) in [5.74, 6) is -0.431. The Hall–Kier alpha value is -3.35. The lowest BCUT2D eigenvalue weighted by Crippen LogP contribution is -2.24. The highest BCUT2D eigenvalue weighted by Gasteiger charge is 2.21. The zero-order valence-corrected chi connectivity index (χ0v) is 11.7. The van der Waals surface area contributed by atoms with Gasteiger partial charge in [0, 0.05) is 17.7 Å². The second-order valence-electron chi connectivity index (χ2n) is 4.80. The number of nitro benzene ring substituents is 1. The number of nitro groups is 1. The molecule has 0 aliphatic carbocycles. The number of nitrogens with one attached hydrogen (secondary N) is 1. The molecule has 0 bridgehead atoms. The number of halogens is 1. The molecular formula is C16H10FN3O3. The summed E-state index contributed by atoms with van der Waals surface area (Å²) in [6, 6.07) is 11.4. The van der Waals surface area contributed by atoms with Gasteiger partial charge in [-0.2, -0.15) is 0 Å². The SMILES string of the molecule is O=C1NC(c2ccc([N+](=O)[O-])cc2)=NC1=Cc1ccc(F)cc1. The number of hydrogen-bond donors (Lipinski definition) is 1. The molecule has 0 spiro atoms. The summed E-state index contributed by atoms with van der Waals surface area (Å²) in [5, 5.41) is 13.2. The Morgan fingerprint density at radius 3 is 2.35 bits per heavy atom. The van der Waals surface area contributed by atoms with E-state index in [0.29, 0.717) is 17.0 Å². The van der Waals surface area contributed by atoms with Gasteiger partial charge in [0.25, 0.3) is 11.6 Å². The van der Waals surface area contributed by atoms with Gasteiger partial charge >= 0.3 is 0 Å². The molecule has 0 saturated carbocycles. The maximum absolute atomic E-state index is 12.9. The second kappa shape index (κ2) is 5.80. The zero-order valence-electron chi connectivity index (χ0n) is 11.7. The standard InChI is InChI=1S/C16H10FN3O3/c17-12-5-1-10(2-6-12)9-14-16(21)19-15(18-14)11-3-7-13(8-4-11)20(22)23/h1-9H,(H,18,19,21). The lowest BCUT2D eigenvalue weighted by molar-refractivity contribution is -0.384. The van der Waals surface area contributed by atoms with E-state index < -0.39 is 4.92 Å². The number of benzene rings is 2. The number of amides is 1. The van der Waals surface area contributed by atoms with Gasteiger partial charge in [-0.1, -0.05) is 12.1 Å². The molecule has 6 nitrogen and oxygen atoms in total. The van der Waals surface area contributed by atoms with Crippen molar-refractivity contribution in [2.24, 2.45) is 4.99 Å². The highest BCUT2D eigenvalue weighted by Crippen LogP contribution is 2.17. The van der Waals surface area contributed by atoms with E-state index in [9.17, 15) is 19.3 Å². The van der Waals surface area contributed by atoms with E-state index in [4.69, 9.17) is 0 Å². The third kappa shape index (κ3) is 3.13. The average molecular weight is 311 g/mol. The van der Waals surface area contributed by atoms with Crippen LogP contribution in [-0.4, -0.2) is 16.7 Å². The van der Waals surface area contributed by atoms with E-state index in [2.05, 4.69) is 10.3 Å². The normalized spacial score (nSPS) is 15.4. The topological polar surface area (TPSA) is 84.6 Å². The van der Waals surface area contributed by atoms with Gasteiger partial charge in [0.2, 0.25) is 0 Å². The minimum Gasteiger partial charge on any atom is -0.305 e. The number of aliphatic imine (C=N–C) groups is 1. The summed E-state index contributed by atoms with van der Waals surface area (Å²) in [5.41, 5.74) is 1.35. The molecule has 3 rings (SSSR count). The number of carbonyl (C=O) groups excluding carboxylic acids is 1. The van der Waals surface area contributed by atoms with Crippen molar-refractivity contribution in [3.8, 4) is 0 Å². The molecule has 0 radical (unpaired) electrons. The molecule has 2 aromatic rings. The molecule has 1 N–H and O–H groups in total. The van der Waals surface area contributed by atoms with Crippen LogP contribution in [0, 0.1) is 15.9 Å². The predicted octanol–water partition coefficient (Wildman–Crippen LogP) is 2.65. The Labute approximate surface area is 130 Å². The van der Waals surface area contributed by atoms with Crippen molar-refractivity contribution in [3.63, 3.8) is 0 Å². The van der Waals surface area contributed by atoms with Crippen molar-refractivity contribution in [1.82, 2.24) is 5.32 Å². The summed E-state index contributed by atoms with van der Waals surface area (Å²) in [7, 11) is 0. The molecule has 0 saturated heterocycles. The van der Waals surface area contributed by atoms with Gasteiger partial charge in [0.15, 0.2) is 0 Å². The van der Waals surface area contributed by atoms with Crippen LogP contribution in [0.4, 0.5) is 10.1 Å². The first-order valence-electron chi connectivity index (χ1n) is 6.65. The molecule has 114 valence electrons. The lowest BCUT2D eigenvalue weighted by Gasteiger charge is -1.99. The smallest absolute Gasteiger partial charge is 0.275 e. The van der Waals surface area contributed by atoms with Gasteiger partial charge in [-0.3, -0.25) is 14.9 Å². The fourth-order valence-electron chi connectivity index (χ4n) is 2.06. The number of rotatable bonds is 3. The molecule has 7 heteroatoms. The number of non-ortho nitro benzene ring substituents is 1. The molecule has 23 heavy (non-hydrogen) atoms. The predicted molar refractivity (Wildman–Crippen MR) is 82.2 cm³/mol. The van der Waals surface area contributed by atoms with Crippen molar-refractivity contribution in [1.29, 1.82) is 0 Å². The van der Waals surface area contributed by atoms with E-state index in [1.54, 1.807) is 0 Å². The van der Waals surface area contributed by atoms with E-state index in [0.717, 1.165) is 0 Å². The largest absolute Gasteiger partial charge is 0.305 e. The summed E-state index contributed by atoms with van der Waals surface area (Å²) >= 11 is 0. The third-order valence-corrected chi connectivity index (χ3v) is 3.22. The summed E-state index contributed by atoms with van der Waals surface area (Å²) in [4.78, 5) is 26.2. The Balaban J connectivity index is 1.88. The molecule has 0 fully saturated rings. The minimum atomic E-state index is -0.501. The molecule has 0 atom stereocenters. The molecule has 1 heterocycles. The number of hydrogen-bond acceptors (Lipinski definition) is 4. The minimum absolute atomic E-state index is 0.0410. The third-order valence-electron chi connectivity index (χ3n) is 3.22. The quantitative estimate of drug-likeness (QED) is 0.537. The fourth-order valence-corrected chi connectivity index (χ4v) is 2.06. The molecule has 0 aromatic heterocycles. The van der Waals surface area contributed by atoms with Gasteiger partial charge in [-0.15, -0.1) is 0 Å². The first-order chi connectivity index (χ1) is 11.0. The first kappa shape index (κ1) is 14.6. The zero-order chi connectivity index (χ0) is 16.4. The highest BCUT2D eigenvalue weighted by molar-refractivity contribution is 6.19. The summed E-state index contributed by atoms with van der Waals surface area (Å²) < 4.78 is 12.9. The molecule has 0 unspecified atom stereocenters. The van der Waals surface area contributed by atoms with Crippen molar-refractivity contribution in [2.45, 2.75) is 0 Å². The summed E-state index contributed by atoms with van der Waals surface area (Å²) in [6.07, 6.45) is 1.53. The monoisotopic (exact) mass is 311 g/mol. The Kier molecular flexibility index (Phi) is 3.68. The Morgan fingerprint density at radius 2 is 1.74 bits per heavy atom. The van der Waals surface area contributed by atoms with Crippen molar-refractivity contribution >= 4 is 23.5 Å². The molecule has 2 aromatic carbocycles. The van der Waals surface area contributed by atoms with Crippen molar-refractivity contribution in [3.05, 3.63) is 81.3 Å². The summed E-state index contributed by atoms with van der Waals surface area (Å²) in [6.45, 7) is 0. The lowest BCUT2D eigenvalue weighted by atomic mass is 10.2. The van der Waals surface area contributed by atoms with Crippen LogP contribution in [0.3, 0.4) is 0 Å². The van der Waals surface area contributed by atoms with Gasteiger partial charge in [0.05, 0.1) is 4.92 Å². The molecule has 1 aliphatic rings. The van der Waals surface area contributed by atoms with Crippen LogP contribution in [0.2, 0.25) is 0 Å². The molecular weight excluding hydrogens is 301 g/mol. The van der Waals surface area contributed by atoms with Crippen LogP contribution >= 0.6 is 0 Å². The second-order valence-corrected chi connectivity index (χ2v) is 4.80. The average Bonchev–Trinajstić information content (AvgIpc) is 2.91. The van der Waals surface area contributed by atoms with E-state index in [-0.39, 0.29) is 23.1 Å². The molecule has 1 amide bonds. The van der Waals surface area contributed by atoms with Crippen LogP contribution in [0.25, 0.3) is 6.08 Å².